The van der Waals surface area contributed by atoms with Crippen LogP contribution in [0.4, 0.5) is 11.4 Å². The second-order valence-electron chi connectivity index (χ2n) is 6.06. The zero-order valence-corrected chi connectivity index (χ0v) is 17.3. The van der Waals surface area contributed by atoms with Crippen LogP contribution >= 0.6 is 11.6 Å². The highest BCUT2D eigenvalue weighted by Crippen LogP contribution is 2.26. The van der Waals surface area contributed by atoms with Gasteiger partial charge in [0.05, 0.1) is 18.6 Å². The zero-order chi connectivity index (χ0) is 20.2. The predicted molar refractivity (Wildman–Crippen MR) is 109 cm³/mol. The van der Waals surface area contributed by atoms with Crippen molar-refractivity contribution in [1.82, 2.24) is 0 Å². The summed E-state index contributed by atoms with van der Waals surface area (Å²) in [6, 6.07) is 10.8. The van der Waals surface area contributed by atoms with E-state index in [0.717, 1.165) is 10.6 Å². The van der Waals surface area contributed by atoms with E-state index in [2.05, 4.69) is 5.32 Å². The van der Waals surface area contributed by atoms with Crippen LogP contribution in [0, 0.1) is 6.92 Å². The number of halogens is 1. The van der Waals surface area contributed by atoms with Crippen LogP contribution in [-0.4, -0.2) is 33.2 Å². The molecule has 2 aromatic rings. The first kappa shape index (κ1) is 21.1. The monoisotopic (exact) mass is 410 g/mol. The van der Waals surface area contributed by atoms with Crippen molar-refractivity contribution in [3.63, 3.8) is 0 Å². The minimum Gasteiger partial charge on any atom is -0.494 e. The van der Waals surface area contributed by atoms with Crippen LogP contribution < -0.4 is 14.4 Å². The van der Waals surface area contributed by atoms with Gasteiger partial charge in [0.25, 0.3) is 0 Å². The van der Waals surface area contributed by atoms with E-state index in [4.69, 9.17) is 16.3 Å². The van der Waals surface area contributed by atoms with Gasteiger partial charge in [0.1, 0.15) is 11.8 Å². The van der Waals surface area contributed by atoms with Crippen molar-refractivity contribution in [3.8, 4) is 5.75 Å². The molecule has 0 saturated carbocycles. The highest BCUT2D eigenvalue weighted by Gasteiger charge is 2.29. The van der Waals surface area contributed by atoms with E-state index in [1.165, 1.54) is 6.92 Å². The first-order chi connectivity index (χ1) is 12.6. The lowest BCUT2D eigenvalue weighted by Gasteiger charge is -2.28. The molecule has 0 fully saturated rings. The Morgan fingerprint density at radius 2 is 1.85 bits per heavy atom. The van der Waals surface area contributed by atoms with E-state index in [9.17, 15) is 13.2 Å². The first-order valence-corrected chi connectivity index (χ1v) is 10.7. The van der Waals surface area contributed by atoms with Crippen molar-refractivity contribution in [2.45, 2.75) is 26.8 Å². The first-order valence-electron chi connectivity index (χ1n) is 8.43. The van der Waals surface area contributed by atoms with Gasteiger partial charge in [-0.05, 0) is 62.7 Å². The van der Waals surface area contributed by atoms with Crippen molar-refractivity contribution >= 4 is 38.9 Å². The number of carbonyl (C=O) groups excluding carboxylic acids is 1. The average Bonchev–Trinajstić information content (AvgIpc) is 2.59. The molecule has 0 heterocycles. The van der Waals surface area contributed by atoms with Gasteiger partial charge < -0.3 is 10.1 Å². The number of ether oxygens (including phenoxy) is 1. The normalized spacial score (nSPS) is 12.3. The van der Waals surface area contributed by atoms with E-state index in [1.54, 1.807) is 49.4 Å². The number of anilines is 2. The Bertz CT molecular complexity index is 914. The minimum atomic E-state index is -3.69. The SMILES string of the molecule is CCOc1ccc(N([C@@H](C)C(=O)Nc2cccc(Cl)c2C)S(C)(=O)=O)cc1. The number of amides is 1. The van der Waals surface area contributed by atoms with Crippen LogP contribution in [0.3, 0.4) is 0 Å². The Labute approximate surface area is 165 Å². The van der Waals surface area contributed by atoms with E-state index >= 15 is 0 Å². The van der Waals surface area contributed by atoms with Gasteiger partial charge in [0, 0.05) is 10.7 Å². The van der Waals surface area contributed by atoms with Crippen LogP contribution in [0.5, 0.6) is 5.75 Å². The number of hydrogen-bond acceptors (Lipinski definition) is 4. The molecule has 0 unspecified atom stereocenters. The Kier molecular flexibility index (Phi) is 6.73. The van der Waals surface area contributed by atoms with Gasteiger partial charge in [-0.2, -0.15) is 0 Å². The van der Waals surface area contributed by atoms with E-state index in [0.29, 0.717) is 34.3 Å². The fourth-order valence-corrected chi connectivity index (χ4v) is 3.99. The summed E-state index contributed by atoms with van der Waals surface area (Å²) >= 11 is 6.08. The third-order valence-electron chi connectivity index (χ3n) is 4.02. The fraction of sp³-hybridized carbons (Fsp3) is 0.316. The summed E-state index contributed by atoms with van der Waals surface area (Å²) in [5, 5.41) is 3.27. The number of nitrogens with zero attached hydrogens (tertiary/aromatic N) is 1. The molecule has 0 spiro atoms. The van der Waals surface area contributed by atoms with E-state index in [-0.39, 0.29) is 0 Å². The molecule has 0 aromatic heterocycles. The van der Waals surface area contributed by atoms with Crippen molar-refractivity contribution in [2.75, 3.05) is 22.5 Å². The third kappa shape index (κ3) is 5.14. The molecular weight excluding hydrogens is 388 g/mol. The summed E-state index contributed by atoms with van der Waals surface area (Å²) in [4.78, 5) is 12.7. The van der Waals surface area contributed by atoms with Crippen LogP contribution in [0.1, 0.15) is 19.4 Å². The van der Waals surface area contributed by atoms with Crippen LogP contribution in [0.15, 0.2) is 42.5 Å². The number of nitrogens with one attached hydrogen (secondary N) is 1. The molecule has 0 saturated heterocycles. The quantitative estimate of drug-likeness (QED) is 0.752. The Morgan fingerprint density at radius 3 is 2.41 bits per heavy atom. The lowest BCUT2D eigenvalue weighted by molar-refractivity contribution is -0.116. The molecule has 0 bridgehead atoms. The second-order valence-corrected chi connectivity index (χ2v) is 8.33. The summed E-state index contributed by atoms with van der Waals surface area (Å²) in [6.07, 6.45) is 1.07. The molecule has 27 heavy (non-hydrogen) atoms. The Hall–Kier alpha value is -2.25. The van der Waals surface area contributed by atoms with Gasteiger partial charge in [-0.25, -0.2) is 8.42 Å². The van der Waals surface area contributed by atoms with Crippen molar-refractivity contribution < 1.29 is 17.9 Å². The highest BCUT2D eigenvalue weighted by atomic mass is 35.5. The Balaban J connectivity index is 2.30. The molecule has 2 aromatic carbocycles. The van der Waals surface area contributed by atoms with Gasteiger partial charge in [-0.1, -0.05) is 17.7 Å². The molecule has 0 aliphatic rings. The van der Waals surface area contributed by atoms with Crippen molar-refractivity contribution in [1.29, 1.82) is 0 Å². The largest absolute Gasteiger partial charge is 0.494 e. The average molecular weight is 411 g/mol. The number of sulfonamides is 1. The van der Waals surface area contributed by atoms with Crippen molar-refractivity contribution in [2.24, 2.45) is 0 Å². The molecule has 1 atom stereocenters. The molecule has 6 nitrogen and oxygen atoms in total. The van der Waals surface area contributed by atoms with E-state index in [1.807, 2.05) is 6.92 Å². The second kappa shape index (κ2) is 8.63. The van der Waals surface area contributed by atoms with Gasteiger partial charge in [0.15, 0.2) is 0 Å². The van der Waals surface area contributed by atoms with Crippen molar-refractivity contribution in [3.05, 3.63) is 53.1 Å². The van der Waals surface area contributed by atoms with E-state index < -0.39 is 22.0 Å². The zero-order valence-electron chi connectivity index (χ0n) is 15.7. The molecule has 0 aliphatic carbocycles. The molecule has 2 rings (SSSR count). The maximum Gasteiger partial charge on any atom is 0.248 e. The highest BCUT2D eigenvalue weighted by molar-refractivity contribution is 7.92. The lowest BCUT2D eigenvalue weighted by atomic mass is 10.2. The third-order valence-corrected chi connectivity index (χ3v) is 5.67. The van der Waals surface area contributed by atoms with Gasteiger partial charge in [-0.3, -0.25) is 9.10 Å². The van der Waals surface area contributed by atoms with Gasteiger partial charge >= 0.3 is 0 Å². The molecule has 146 valence electrons. The molecule has 0 aliphatic heterocycles. The molecular formula is C19H23ClN2O4S. The summed E-state index contributed by atoms with van der Waals surface area (Å²) in [6.45, 7) is 5.68. The van der Waals surface area contributed by atoms with Crippen LogP contribution in [0.2, 0.25) is 5.02 Å². The van der Waals surface area contributed by atoms with Gasteiger partial charge in [-0.15, -0.1) is 0 Å². The number of rotatable bonds is 7. The number of carbonyl (C=O) groups is 1. The summed E-state index contributed by atoms with van der Waals surface area (Å²) < 4.78 is 31.2. The maximum atomic E-state index is 12.7. The number of benzene rings is 2. The minimum absolute atomic E-state index is 0.381. The Morgan fingerprint density at radius 1 is 1.22 bits per heavy atom. The molecule has 1 amide bonds. The van der Waals surface area contributed by atoms with Crippen LogP contribution in [0.25, 0.3) is 0 Å². The topological polar surface area (TPSA) is 75.7 Å². The fourth-order valence-electron chi connectivity index (χ4n) is 2.64. The summed E-state index contributed by atoms with van der Waals surface area (Å²) in [7, 11) is -3.69. The summed E-state index contributed by atoms with van der Waals surface area (Å²) in [5.41, 5.74) is 1.64. The van der Waals surface area contributed by atoms with Crippen LogP contribution in [-0.2, 0) is 14.8 Å². The molecule has 0 radical (unpaired) electrons. The predicted octanol–water partition coefficient (Wildman–Crippen LogP) is 3.84. The molecule has 8 heteroatoms. The lowest BCUT2D eigenvalue weighted by Crippen LogP contribution is -2.45. The van der Waals surface area contributed by atoms with Gasteiger partial charge in [0.2, 0.25) is 15.9 Å². The summed E-state index contributed by atoms with van der Waals surface area (Å²) in [5.74, 6) is 0.168. The number of hydrogen-bond donors (Lipinski definition) is 1. The standard InChI is InChI=1S/C19H23ClN2O4S/c1-5-26-16-11-9-15(10-12-16)22(27(4,24)25)14(3)19(23)21-18-8-6-7-17(20)13(18)2/h6-12,14H,5H2,1-4H3,(H,21,23)/t14-/m0/s1. The smallest absolute Gasteiger partial charge is 0.248 e. The molecule has 1 N–H and O–H groups in total. The maximum absolute atomic E-state index is 12.7.